The number of thioether (sulfide) groups is 1. The van der Waals surface area contributed by atoms with Crippen LogP contribution in [0.1, 0.15) is 11.5 Å². The number of hydrogen-bond donors (Lipinski definition) is 1. The minimum atomic E-state index is -0.146. The Bertz CT molecular complexity index is 866. The summed E-state index contributed by atoms with van der Waals surface area (Å²) < 4.78 is 11.7. The van der Waals surface area contributed by atoms with E-state index in [9.17, 15) is 4.79 Å². The molecule has 0 aliphatic rings. The quantitative estimate of drug-likeness (QED) is 0.563. The number of ether oxygens (including phenoxy) is 1. The largest absolute Gasteiger partial charge is 0.497 e. The first-order valence-corrected chi connectivity index (χ1v) is 9.54. The van der Waals surface area contributed by atoms with Gasteiger partial charge in [-0.15, -0.1) is 10.2 Å². The van der Waals surface area contributed by atoms with E-state index in [1.165, 1.54) is 11.8 Å². The molecule has 6 nitrogen and oxygen atoms in total. The fourth-order valence-electron chi connectivity index (χ4n) is 2.14. The van der Waals surface area contributed by atoms with Crippen molar-refractivity contribution in [1.29, 1.82) is 0 Å². The molecule has 0 saturated heterocycles. The highest BCUT2D eigenvalue weighted by Crippen LogP contribution is 2.20. The maximum absolute atomic E-state index is 12.0. The Morgan fingerprint density at radius 2 is 1.88 bits per heavy atom. The Hall–Kier alpha value is -2.32. The average molecular weight is 434 g/mol. The number of hydrogen-bond acceptors (Lipinski definition) is 6. The summed E-state index contributed by atoms with van der Waals surface area (Å²) in [4.78, 5) is 12.0. The number of amides is 1. The van der Waals surface area contributed by atoms with Gasteiger partial charge in [0.05, 0.1) is 19.3 Å². The maximum atomic E-state index is 12.0. The molecule has 1 amide bonds. The van der Waals surface area contributed by atoms with Crippen molar-refractivity contribution in [3.05, 3.63) is 64.5 Å². The Kier molecular flexibility index (Phi) is 6.30. The number of aromatic nitrogens is 2. The molecule has 3 rings (SSSR count). The van der Waals surface area contributed by atoms with Crippen molar-refractivity contribution in [3.8, 4) is 5.75 Å². The summed E-state index contributed by atoms with van der Waals surface area (Å²) in [5, 5.41) is 11.2. The monoisotopic (exact) mass is 433 g/mol. The zero-order valence-electron chi connectivity index (χ0n) is 13.9. The van der Waals surface area contributed by atoms with E-state index in [4.69, 9.17) is 9.15 Å². The molecule has 0 spiro atoms. The third-order valence-electron chi connectivity index (χ3n) is 3.42. The minimum Gasteiger partial charge on any atom is -0.497 e. The van der Waals surface area contributed by atoms with Gasteiger partial charge < -0.3 is 14.5 Å². The van der Waals surface area contributed by atoms with Crippen molar-refractivity contribution in [2.75, 3.05) is 18.2 Å². The summed E-state index contributed by atoms with van der Waals surface area (Å²) in [6, 6.07) is 15.0. The summed E-state index contributed by atoms with van der Waals surface area (Å²) >= 11 is 4.61. The van der Waals surface area contributed by atoms with Gasteiger partial charge >= 0.3 is 0 Å². The fourth-order valence-corrected chi connectivity index (χ4v) is 2.99. The van der Waals surface area contributed by atoms with E-state index in [0.29, 0.717) is 23.2 Å². The second-order valence-electron chi connectivity index (χ2n) is 5.33. The lowest BCUT2D eigenvalue weighted by Gasteiger charge is -2.05. The van der Waals surface area contributed by atoms with E-state index >= 15 is 0 Å². The van der Waals surface area contributed by atoms with Crippen LogP contribution in [0.5, 0.6) is 5.75 Å². The number of carbonyl (C=O) groups is 1. The van der Waals surface area contributed by atoms with Gasteiger partial charge in [-0.2, -0.15) is 0 Å². The molecule has 0 radical (unpaired) electrons. The zero-order valence-corrected chi connectivity index (χ0v) is 16.3. The van der Waals surface area contributed by atoms with E-state index < -0.39 is 0 Å². The second kappa shape index (κ2) is 8.86. The van der Waals surface area contributed by atoms with Gasteiger partial charge in [0.25, 0.3) is 5.22 Å². The maximum Gasteiger partial charge on any atom is 0.277 e. The van der Waals surface area contributed by atoms with E-state index in [1.54, 1.807) is 31.4 Å². The number of anilines is 1. The lowest BCUT2D eigenvalue weighted by molar-refractivity contribution is -0.113. The van der Waals surface area contributed by atoms with Gasteiger partial charge in [-0.25, -0.2) is 0 Å². The molecular formula is C18H16BrN3O3S. The van der Waals surface area contributed by atoms with Crippen LogP contribution < -0.4 is 10.1 Å². The third kappa shape index (κ3) is 5.34. The molecule has 3 aromatic rings. The Labute approximate surface area is 163 Å². The van der Waals surface area contributed by atoms with Crippen molar-refractivity contribution < 1.29 is 13.9 Å². The van der Waals surface area contributed by atoms with Gasteiger partial charge in [0.1, 0.15) is 5.75 Å². The number of methoxy groups -OCH3 is 1. The molecule has 0 unspecified atom stereocenters. The van der Waals surface area contributed by atoms with Crippen molar-refractivity contribution in [2.24, 2.45) is 0 Å². The second-order valence-corrected chi connectivity index (χ2v) is 7.17. The fraction of sp³-hybridized carbons (Fsp3) is 0.167. The lowest BCUT2D eigenvalue weighted by Crippen LogP contribution is -2.13. The number of halogens is 1. The minimum absolute atomic E-state index is 0.146. The first kappa shape index (κ1) is 18.5. The van der Waals surface area contributed by atoms with Crippen LogP contribution >= 0.6 is 27.7 Å². The van der Waals surface area contributed by atoms with Crippen LogP contribution in [-0.4, -0.2) is 29.0 Å². The first-order valence-electron chi connectivity index (χ1n) is 7.76. The van der Waals surface area contributed by atoms with Crippen molar-refractivity contribution in [3.63, 3.8) is 0 Å². The molecule has 1 heterocycles. The van der Waals surface area contributed by atoms with Crippen LogP contribution in [0.4, 0.5) is 5.69 Å². The topological polar surface area (TPSA) is 77.2 Å². The van der Waals surface area contributed by atoms with Gasteiger partial charge in [0, 0.05) is 10.2 Å². The molecule has 0 aliphatic heterocycles. The van der Waals surface area contributed by atoms with E-state index in [2.05, 4.69) is 31.4 Å². The summed E-state index contributed by atoms with van der Waals surface area (Å²) in [7, 11) is 1.60. The van der Waals surface area contributed by atoms with E-state index in [0.717, 1.165) is 15.8 Å². The van der Waals surface area contributed by atoms with Crippen LogP contribution in [0, 0.1) is 0 Å². The van der Waals surface area contributed by atoms with Crippen LogP contribution in [-0.2, 0) is 11.2 Å². The molecule has 0 bridgehead atoms. The highest BCUT2D eigenvalue weighted by molar-refractivity contribution is 9.10. The predicted molar refractivity (Wildman–Crippen MR) is 104 cm³/mol. The molecule has 2 aromatic carbocycles. The molecule has 1 aromatic heterocycles. The van der Waals surface area contributed by atoms with Crippen molar-refractivity contribution >= 4 is 39.3 Å². The van der Waals surface area contributed by atoms with Gasteiger partial charge in [0.2, 0.25) is 11.8 Å². The van der Waals surface area contributed by atoms with Gasteiger partial charge in [0.15, 0.2) is 0 Å². The van der Waals surface area contributed by atoms with Crippen LogP contribution in [0.25, 0.3) is 0 Å². The lowest BCUT2D eigenvalue weighted by atomic mass is 10.2. The van der Waals surface area contributed by atoms with Crippen LogP contribution in [0.2, 0.25) is 0 Å². The summed E-state index contributed by atoms with van der Waals surface area (Å²) in [5.74, 6) is 1.30. The normalized spacial score (nSPS) is 10.5. The summed E-state index contributed by atoms with van der Waals surface area (Å²) in [6.07, 6.45) is 0.554. The standard InChI is InChI=1S/C18H16BrN3O3S/c1-24-15-8-6-14(7-9-15)20-16(23)11-26-18-22-21-17(25-18)10-12-2-4-13(19)5-3-12/h2-9H,10-11H2,1H3,(H,20,23). The Morgan fingerprint density at radius 3 is 2.58 bits per heavy atom. The zero-order chi connectivity index (χ0) is 18.4. The first-order chi connectivity index (χ1) is 12.6. The Morgan fingerprint density at radius 1 is 1.15 bits per heavy atom. The van der Waals surface area contributed by atoms with Crippen molar-refractivity contribution in [1.82, 2.24) is 10.2 Å². The molecule has 0 atom stereocenters. The number of rotatable bonds is 7. The van der Waals surface area contributed by atoms with Crippen LogP contribution in [0.3, 0.4) is 0 Å². The number of benzene rings is 2. The number of nitrogens with one attached hydrogen (secondary N) is 1. The highest BCUT2D eigenvalue weighted by atomic mass is 79.9. The van der Waals surface area contributed by atoms with Crippen LogP contribution in [0.15, 0.2) is 62.6 Å². The van der Waals surface area contributed by atoms with Gasteiger partial charge in [-0.1, -0.05) is 39.8 Å². The van der Waals surface area contributed by atoms with Gasteiger partial charge in [-0.3, -0.25) is 4.79 Å². The molecular weight excluding hydrogens is 418 g/mol. The molecule has 134 valence electrons. The molecule has 26 heavy (non-hydrogen) atoms. The third-order valence-corrected chi connectivity index (χ3v) is 4.76. The van der Waals surface area contributed by atoms with Gasteiger partial charge in [-0.05, 0) is 42.0 Å². The highest BCUT2D eigenvalue weighted by Gasteiger charge is 2.10. The SMILES string of the molecule is COc1ccc(NC(=O)CSc2nnc(Cc3ccc(Br)cc3)o2)cc1. The Balaban J connectivity index is 1.49. The average Bonchev–Trinajstić information content (AvgIpc) is 3.10. The van der Waals surface area contributed by atoms with E-state index in [1.807, 2.05) is 24.3 Å². The van der Waals surface area contributed by atoms with E-state index in [-0.39, 0.29) is 11.7 Å². The van der Waals surface area contributed by atoms with Crippen molar-refractivity contribution in [2.45, 2.75) is 11.6 Å². The summed E-state index contributed by atoms with van der Waals surface area (Å²) in [6.45, 7) is 0. The number of carbonyl (C=O) groups excluding carboxylic acids is 1. The molecule has 0 fully saturated rings. The number of nitrogens with zero attached hydrogens (tertiary/aromatic N) is 2. The summed E-state index contributed by atoms with van der Waals surface area (Å²) in [5.41, 5.74) is 1.78. The molecule has 0 saturated carbocycles. The molecule has 0 aliphatic carbocycles. The smallest absolute Gasteiger partial charge is 0.277 e. The molecule has 8 heteroatoms. The predicted octanol–water partition coefficient (Wildman–Crippen LogP) is 4.16. The molecule has 1 N–H and O–H groups in total.